The molecule has 0 amide bonds. The number of aliphatic imine (C=N–C) groups is 1. The summed E-state index contributed by atoms with van der Waals surface area (Å²) in [5.41, 5.74) is 9.84. The van der Waals surface area contributed by atoms with Gasteiger partial charge in [0.25, 0.3) is 0 Å². The van der Waals surface area contributed by atoms with Crippen LogP contribution in [-0.2, 0) is 9.53 Å². The van der Waals surface area contributed by atoms with Crippen LogP contribution < -0.4 is 5.43 Å². The molecule has 1 N–H and O–H groups in total. The van der Waals surface area contributed by atoms with Crippen LogP contribution in [0.15, 0.2) is 29.3 Å². The highest BCUT2D eigenvalue weighted by molar-refractivity contribution is 6.07. The largest absolute Gasteiger partial charge is 0.466 e. The van der Waals surface area contributed by atoms with Crippen LogP contribution in [0.25, 0.3) is 5.70 Å². The van der Waals surface area contributed by atoms with Gasteiger partial charge in [-0.3, -0.25) is 14.8 Å². The van der Waals surface area contributed by atoms with Crippen molar-refractivity contribution in [3.63, 3.8) is 0 Å². The number of carbonyl (C=O) groups is 1. The van der Waals surface area contributed by atoms with Gasteiger partial charge in [-0.15, -0.1) is 0 Å². The fourth-order valence-electron chi connectivity index (χ4n) is 4.47. The van der Waals surface area contributed by atoms with Crippen LogP contribution in [0.2, 0.25) is 0 Å². The smallest absolute Gasteiger partial charge is 0.309 e. The number of nitrogens with zero attached hydrogens (tertiary/aromatic N) is 2. The Labute approximate surface area is 174 Å². The van der Waals surface area contributed by atoms with E-state index in [1.54, 1.807) is 0 Å². The second-order valence-corrected chi connectivity index (χ2v) is 9.74. The monoisotopic (exact) mass is 395 g/mol. The third-order valence-corrected chi connectivity index (χ3v) is 6.34. The number of hydrogen-bond acceptors (Lipinski definition) is 5. The molecule has 4 unspecified atom stereocenters. The zero-order chi connectivity index (χ0) is 20.9. The lowest BCUT2D eigenvalue weighted by molar-refractivity contribution is -0.144. The van der Waals surface area contributed by atoms with Crippen molar-refractivity contribution < 1.29 is 9.53 Å². The van der Waals surface area contributed by atoms with Crippen LogP contribution in [0, 0.1) is 31.1 Å². The van der Waals surface area contributed by atoms with Crippen LogP contribution in [0.3, 0.4) is 0 Å². The van der Waals surface area contributed by atoms with E-state index < -0.39 is 0 Å². The molecule has 1 aromatic carbocycles. The molecule has 1 saturated carbocycles. The predicted molar refractivity (Wildman–Crippen MR) is 116 cm³/mol. The summed E-state index contributed by atoms with van der Waals surface area (Å²) in [5.74, 6) is 0.0662. The van der Waals surface area contributed by atoms with Crippen LogP contribution in [0.4, 0.5) is 0 Å². The van der Waals surface area contributed by atoms with Gasteiger partial charge in [-0.2, -0.15) is 0 Å². The first-order chi connectivity index (χ1) is 13.7. The van der Waals surface area contributed by atoms with Gasteiger partial charge in [0.05, 0.1) is 18.2 Å². The van der Waals surface area contributed by atoms with E-state index in [9.17, 15) is 4.79 Å². The molecule has 0 radical (unpaired) electrons. The molecule has 4 atom stereocenters. The SMILES string of the molecule is CCOC(=O)C1CC1C1=NC2CC(C(C)(C)C)NN2C(c2ccc(C)cc2C)=C1. The van der Waals surface area contributed by atoms with Crippen LogP contribution in [-0.4, -0.2) is 35.5 Å². The molecule has 29 heavy (non-hydrogen) atoms. The van der Waals surface area contributed by atoms with Crippen molar-refractivity contribution in [2.75, 3.05) is 6.61 Å². The lowest BCUT2D eigenvalue weighted by atomic mass is 9.85. The first kappa shape index (κ1) is 20.1. The van der Waals surface area contributed by atoms with E-state index in [-0.39, 0.29) is 29.4 Å². The van der Waals surface area contributed by atoms with Gasteiger partial charge in [-0.1, -0.05) is 44.5 Å². The summed E-state index contributed by atoms with van der Waals surface area (Å²) >= 11 is 0. The molecule has 156 valence electrons. The highest BCUT2D eigenvalue weighted by Crippen LogP contribution is 2.45. The number of carbonyl (C=O) groups excluding carboxylic acids is 1. The second kappa shape index (κ2) is 7.28. The third kappa shape index (κ3) is 3.85. The minimum atomic E-state index is -0.0822. The van der Waals surface area contributed by atoms with E-state index in [1.807, 2.05) is 6.92 Å². The Kier molecular flexibility index (Phi) is 5.06. The van der Waals surface area contributed by atoms with Gasteiger partial charge in [0.2, 0.25) is 0 Å². The molecule has 2 heterocycles. The summed E-state index contributed by atoms with van der Waals surface area (Å²) < 4.78 is 5.24. The number of hydrazine groups is 1. The summed E-state index contributed by atoms with van der Waals surface area (Å²) in [5, 5.41) is 2.25. The maximum absolute atomic E-state index is 12.2. The summed E-state index contributed by atoms with van der Waals surface area (Å²) in [6.45, 7) is 13.4. The van der Waals surface area contributed by atoms with E-state index in [2.05, 4.69) is 69.3 Å². The minimum Gasteiger partial charge on any atom is -0.466 e. The number of aryl methyl sites for hydroxylation is 2. The van der Waals surface area contributed by atoms with Crippen LogP contribution in [0.5, 0.6) is 0 Å². The maximum Gasteiger partial charge on any atom is 0.309 e. The fraction of sp³-hybridized carbons (Fsp3) is 0.583. The molecule has 1 aliphatic carbocycles. The highest BCUT2D eigenvalue weighted by Gasteiger charge is 2.49. The Hall–Kier alpha value is -2.14. The van der Waals surface area contributed by atoms with Crippen molar-refractivity contribution in [1.82, 2.24) is 10.4 Å². The molecule has 0 aromatic heterocycles. The van der Waals surface area contributed by atoms with Crippen molar-refractivity contribution in [3.8, 4) is 0 Å². The van der Waals surface area contributed by atoms with Crippen molar-refractivity contribution in [2.45, 2.75) is 66.6 Å². The predicted octanol–water partition coefficient (Wildman–Crippen LogP) is 4.25. The Morgan fingerprint density at radius 2 is 2.03 bits per heavy atom. The molecule has 4 rings (SSSR count). The number of hydrogen-bond donors (Lipinski definition) is 1. The average Bonchev–Trinajstić information content (AvgIpc) is 3.31. The molecular formula is C24H33N3O2. The molecule has 1 saturated heterocycles. The zero-order valence-corrected chi connectivity index (χ0v) is 18.5. The van der Waals surface area contributed by atoms with Crippen molar-refractivity contribution in [2.24, 2.45) is 22.2 Å². The number of benzene rings is 1. The van der Waals surface area contributed by atoms with E-state index in [4.69, 9.17) is 9.73 Å². The first-order valence-electron chi connectivity index (χ1n) is 10.8. The Morgan fingerprint density at radius 1 is 1.28 bits per heavy atom. The maximum atomic E-state index is 12.2. The van der Waals surface area contributed by atoms with Crippen LogP contribution >= 0.6 is 0 Å². The molecule has 0 bridgehead atoms. The number of ether oxygens (including phenoxy) is 1. The molecule has 5 nitrogen and oxygen atoms in total. The van der Waals surface area contributed by atoms with E-state index in [0.29, 0.717) is 12.6 Å². The topological polar surface area (TPSA) is 53.9 Å². The fourth-order valence-corrected chi connectivity index (χ4v) is 4.47. The van der Waals surface area contributed by atoms with Gasteiger partial charge in [0, 0.05) is 29.7 Å². The Morgan fingerprint density at radius 3 is 2.69 bits per heavy atom. The molecular weight excluding hydrogens is 362 g/mol. The van der Waals surface area contributed by atoms with Gasteiger partial charge in [0.1, 0.15) is 6.17 Å². The van der Waals surface area contributed by atoms with E-state index >= 15 is 0 Å². The highest BCUT2D eigenvalue weighted by atomic mass is 16.5. The Balaban J connectivity index is 1.68. The van der Waals surface area contributed by atoms with Gasteiger partial charge in [0.15, 0.2) is 0 Å². The molecule has 5 heteroatoms. The summed E-state index contributed by atoms with van der Waals surface area (Å²) in [4.78, 5) is 17.3. The normalized spacial score (nSPS) is 28.6. The number of esters is 1. The number of rotatable bonds is 4. The van der Waals surface area contributed by atoms with Gasteiger partial charge in [-0.25, -0.2) is 5.43 Å². The molecule has 1 aromatic rings. The number of fused-ring (bicyclic) bond motifs is 1. The molecule has 2 fully saturated rings. The van der Waals surface area contributed by atoms with Crippen molar-refractivity contribution >= 4 is 17.4 Å². The standard InChI is InChI=1S/C24H33N3O2/c1-7-29-23(28)18-11-17(18)19-12-20(16-9-8-14(2)10-15(16)3)27-22(25-19)13-21(26-27)24(4,5)6/h8-10,12,17-18,21-22,26H,7,11,13H2,1-6H3. The number of allylic oxidation sites excluding steroid dienone is 1. The molecule has 2 aliphatic heterocycles. The third-order valence-electron chi connectivity index (χ3n) is 6.34. The zero-order valence-electron chi connectivity index (χ0n) is 18.5. The lowest BCUT2D eigenvalue weighted by Crippen LogP contribution is -2.43. The molecule has 0 spiro atoms. The minimum absolute atomic E-state index is 0.0374. The summed E-state index contributed by atoms with van der Waals surface area (Å²) in [7, 11) is 0. The van der Waals surface area contributed by atoms with Gasteiger partial charge < -0.3 is 4.74 Å². The first-order valence-corrected chi connectivity index (χ1v) is 10.8. The number of nitrogens with one attached hydrogen (secondary N) is 1. The average molecular weight is 396 g/mol. The van der Waals surface area contributed by atoms with Crippen molar-refractivity contribution in [1.29, 1.82) is 0 Å². The Bertz CT molecular complexity index is 881. The summed E-state index contributed by atoms with van der Waals surface area (Å²) in [6.07, 6.45) is 4.07. The molecule has 3 aliphatic rings. The summed E-state index contributed by atoms with van der Waals surface area (Å²) in [6, 6.07) is 6.95. The second-order valence-electron chi connectivity index (χ2n) is 9.74. The van der Waals surface area contributed by atoms with E-state index in [0.717, 1.165) is 18.6 Å². The lowest BCUT2D eigenvalue weighted by Gasteiger charge is -2.33. The van der Waals surface area contributed by atoms with Gasteiger partial charge in [-0.05, 0) is 44.2 Å². The van der Waals surface area contributed by atoms with Crippen molar-refractivity contribution in [3.05, 3.63) is 41.0 Å². The quantitative estimate of drug-likeness (QED) is 0.775. The van der Waals surface area contributed by atoms with E-state index in [1.165, 1.54) is 22.4 Å². The van der Waals surface area contributed by atoms with Crippen LogP contribution in [0.1, 0.15) is 57.2 Å². The van der Waals surface area contributed by atoms with Gasteiger partial charge >= 0.3 is 5.97 Å².